The maximum absolute atomic E-state index is 3.73. The highest BCUT2D eigenvalue weighted by Gasteiger charge is 2.23. The zero-order chi connectivity index (χ0) is 13.8. The Bertz CT molecular complexity index is 348. The molecular formula is C17H29N. The summed E-state index contributed by atoms with van der Waals surface area (Å²) in [6.07, 6.45) is 1.14. The summed E-state index contributed by atoms with van der Waals surface area (Å²) >= 11 is 0. The fraction of sp³-hybridized carbons (Fsp3) is 0.647. The van der Waals surface area contributed by atoms with Gasteiger partial charge in [0.1, 0.15) is 0 Å². The highest BCUT2D eigenvalue weighted by molar-refractivity contribution is 5.24. The van der Waals surface area contributed by atoms with E-state index in [1.807, 2.05) is 0 Å². The van der Waals surface area contributed by atoms with Gasteiger partial charge in [-0.1, -0.05) is 64.4 Å². The van der Waals surface area contributed by atoms with Gasteiger partial charge in [-0.05, 0) is 30.2 Å². The van der Waals surface area contributed by atoms with Crippen molar-refractivity contribution < 1.29 is 0 Å². The van der Waals surface area contributed by atoms with E-state index in [0.717, 1.165) is 13.0 Å². The van der Waals surface area contributed by atoms with Crippen LogP contribution in [-0.2, 0) is 0 Å². The highest BCUT2D eigenvalue weighted by atomic mass is 14.9. The summed E-state index contributed by atoms with van der Waals surface area (Å²) in [5, 5.41) is 3.73. The second-order valence-electron chi connectivity index (χ2n) is 6.40. The summed E-state index contributed by atoms with van der Waals surface area (Å²) in [6, 6.07) is 9.38. The van der Waals surface area contributed by atoms with Crippen molar-refractivity contribution in [3.05, 3.63) is 35.4 Å². The van der Waals surface area contributed by atoms with Gasteiger partial charge >= 0.3 is 0 Å². The van der Waals surface area contributed by atoms with Crippen LogP contribution in [0.1, 0.15) is 58.2 Å². The lowest BCUT2D eigenvalue weighted by Crippen LogP contribution is -2.35. The van der Waals surface area contributed by atoms with Crippen LogP contribution in [0, 0.1) is 18.3 Å². The zero-order valence-corrected chi connectivity index (χ0v) is 12.9. The number of hydrogen-bond donors (Lipinski definition) is 1. The van der Waals surface area contributed by atoms with Crippen molar-refractivity contribution in [1.29, 1.82) is 0 Å². The molecule has 0 amide bonds. The molecule has 0 aliphatic rings. The minimum atomic E-state index is 0.345. The Kier molecular flexibility index (Phi) is 5.40. The zero-order valence-electron chi connectivity index (χ0n) is 12.9. The first-order valence-corrected chi connectivity index (χ1v) is 7.16. The third-order valence-corrected chi connectivity index (χ3v) is 4.25. The minimum absolute atomic E-state index is 0.345. The lowest BCUT2D eigenvalue weighted by atomic mass is 9.81. The predicted molar refractivity (Wildman–Crippen MR) is 80.8 cm³/mol. The van der Waals surface area contributed by atoms with Crippen LogP contribution in [0.25, 0.3) is 0 Å². The highest BCUT2D eigenvalue weighted by Crippen LogP contribution is 2.26. The lowest BCUT2D eigenvalue weighted by molar-refractivity contribution is 0.227. The Morgan fingerprint density at radius 3 is 2.11 bits per heavy atom. The number of hydrogen-bond acceptors (Lipinski definition) is 1. The van der Waals surface area contributed by atoms with E-state index in [1.54, 1.807) is 0 Å². The summed E-state index contributed by atoms with van der Waals surface area (Å²) in [7, 11) is 0. The molecule has 1 aromatic carbocycles. The van der Waals surface area contributed by atoms with Crippen molar-refractivity contribution >= 4 is 0 Å². The van der Waals surface area contributed by atoms with Crippen LogP contribution in [0.5, 0.6) is 0 Å². The Morgan fingerprint density at radius 2 is 1.67 bits per heavy atom. The van der Waals surface area contributed by atoms with Gasteiger partial charge in [-0.3, -0.25) is 0 Å². The Labute approximate surface area is 113 Å². The van der Waals surface area contributed by atoms with Crippen molar-refractivity contribution in [1.82, 2.24) is 5.32 Å². The van der Waals surface area contributed by atoms with E-state index < -0.39 is 0 Å². The number of rotatable bonds is 6. The van der Waals surface area contributed by atoms with Gasteiger partial charge in [0.05, 0.1) is 0 Å². The quantitative estimate of drug-likeness (QED) is 0.767. The monoisotopic (exact) mass is 247 g/mol. The summed E-state index contributed by atoms with van der Waals surface area (Å²) in [5.74, 6) is 0.695. The Balaban J connectivity index is 2.66. The van der Waals surface area contributed by atoms with Crippen LogP contribution in [0.15, 0.2) is 24.3 Å². The van der Waals surface area contributed by atoms with Crippen molar-refractivity contribution in [2.75, 3.05) is 6.54 Å². The predicted octanol–water partition coefficient (Wildman–Crippen LogP) is 4.72. The fourth-order valence-corrected chi connectivity index (χ4v) is 1.89. The topological polar surface area (TPSA) is 12.0 Å². The number of benzene rings is 1. The molecule has 1 heteroatoms. The Morgan fingerprint density at radius 1 is 1.11 bits per heavy atom. The van der Waals surface area contributed by atoms with Gasteiger partial charge in [-0.2, -0.15) is 0 Å². The fourth-order valence-electron chi connectivity index (χ4n) is 1.89. The molecule has 0 aromatic heterocycles. The second kappa shape index (κ2) is 6.38. The first-order valence-electron chi connectivity index (χ1n) is 7.16. The first-order chi connectivity index (χ1) is 8.36. The van der Waals surface area contributed by atoms with Gasteiger partial charge in [-0.25, -0.2) is 0 Å². The molecular weight excluding hydrogens is 218 g/mol. The molecule has 1 rings (SSSR count). The average Bonchev–Trinajstić information content (AvgIpc) is 2.31. The molecule has 1 N–H and O–H groups in total. The smallest absolute Gasteiger partial charge is 0.0317 e. The second-order valence-corrected chi connectivity index (χ2v) is 6.40. The maximum atomic E-state index is 3.73. The molecule has 0 aliphatic carbocycles. The van der Waals surface area contributed by atoms with Crippen molar-refractivity contribution in [3.8, 4) is 0 Å². The summed E-state index contributed by atoms with van der Waals surface area (Å²) in [6.45, 7) is 14.7. The van der Waals surface area contributed by atoms with Crippen LogP contribution in [0.4, 0.5) is 0 Å². The van der Waals surface area contributed by atoms with E-state index in [2.05, 4.69) is 71.1 Å². The lowest BCUT2D eigenvalue weighted by Gasteiger charge is -2.32. The molecule has 18 heavy (non-hydrogen) atoms. The molecule has 0 aliphatic heterocycles. The molecule has 0 spiro atoms. The molecule has 0 fully saturated rings. The largest absolute Gasteiger partial charge is 0.309 e. The molecule has 1 nitrogen and oxygen atoms in total. The van der Waals surface area contributed by atoms with Crippen LogP contribution in [0.2, 0.25) is 0 Å². The molecule has 102 valence electrons. The SMILES string of the molecule is CCC(NCC(C)(C)C(C)C)c1ccc(C)cc1. The van der Waals surface area contributed by atoms with E-state index in [-0.39, 0.29) is 0 Å². The first kappa shape index (κ1) is 15.2. The standard InChI is InChI=1S/C17H29N/c1-7-16(15-10-8-14(4)9-11-15)18-12-17(5,6)13(2)3/h8-11,13,16,18H,7,12H2,1-6H3. The molecule has 1 atom stereocenters. The van der Waals surface area contributed by atoms with E-state index in [4.69, 9.17) is 0 Å². The molecule has 0 heterocycles. The van der Waals surface area contributed by atoms with E-state index in [0.29, 0.717) is 17.4 Å². The van der Waals surface area contributed by atoms with Crippen LogP contribution in [-0.4, -0.2) is 6.54 Å². The van der Waals surface area contributed by atoms with Gasteiger partial charge in [0, 0.05) is 12.6 Å². The molecule has 1 unspecified atom stereocenters. The van der Waals surface area contributed by atoms with Crippen LogP contribution >= 0.6 is 0 Å². The molecule has 0 saturated carbocycles. The third-order valence-electron chi connectivity index (χ3n) is 4.25. The van der Waals surface area contributed by atoms with Crippen molar-refractivity contribution in [2.24, 2.45) is 11.3 Å². The van der Waals surface area contributed by atoms with Gasteiger partial charge in [0.15, 0.2) is 0 Å². The number of aryl methyl sites for hydroxylation is 1. The van der Waals surface area contributed by atoms with Crippen LogP contribution < -0.4 is 5.32 Å². The maximum Gasteiger partial charge on any atom is 0.0317 e. The van der Waals surface area contributed by atoms with Crippen LogP contribution in [0.3, 0.4) is 0 Å². The van der Waals surface area contributed by atoms with Gasteiger partial charge in [-0.15, -0.1) is 0 Å². The van der Waals surface area contributed by atoms with Crippen molar-refractivity contribution in [2.45, 2.75) is 54.0 Å². The average molecular weight is 247 g/mol. The van der Waals surface area contributed by atoms with Gasteiger partial charge in [0.2, 0.25) is 0 Å². The molecule has 1 aromatic rings. The molecule has 0 bridgehead atoms. The van der Waals surface area contributed by atoms with E-state index >= 15 is 0 Å². The van der Waals surface area contributed by atoms with Gasteiger partial charge < -0.3 is 5.32 Å². The number of nitrogens with one attached hydrogen (secondary N) is 1. The van der Waals surface area contributed by atoms with E-state index in [1.165, 1.54) is 11.1 Å². The normalized spacial score (nSPS) is 13.9. The molecule has 0 saturated heterocycles. The van der Waals surface area contributed by atoms with E-state index in [9.17, 15) is 0 Å². The summed E-state index contributed by atoms with van der Waals surface area (Å²) in [4.78, 5) is 0. The minimum Gasteiger partial charge on any atom is -0.309 e. The summed E-state index contributed by atoms with van der Waals surface area (Å²) < 4.78 is 0. The summed E-state index contributed by atoms with van der Waals surface area (Å²) in [5.41, 5.74) is 3.08. The van der Waals surface area contributed by atoms with Gasteiger partial charge in [0.25, 0.3) is 0 Å². The third kappa shape index (κ3) is 4.13. The van der Waals surface area contributed by atoms with Crippen molar-refractivity contribution in [3.63, 3.8) is 0 Å². The molecule has 0 radical (unpaired) electrons. The Hall–Kier alpha value is -0.820.